The first-order valence-corrected chi connectivity index (χ1v) is 10.1. The maximum absolute atomic E-state index is 12.6. The lowest BCUT2D eigenvalue weighted by Gasteiger charge is -2.17. The second-order valence-electron chi connectivity index (χ2n) is 7.43. The minimum atomic E-state index is -0.211. The van der Waals surface area contributed by atoms with Gasteiger partial charge in [-0.2, -0.15) is 4.98 Å². The topological polar surface area (TPSA) is 85.3 Å². The van der Waals surface area contributed by atoms with Crippen molar-refractivity contribution in [1.29, 1.82) is 0 Å². The zero-order valence-corrected chi connectivity index (χ0v) is 16.9. The molecule has 4 rings (SSSR count). The summed E-state index contributed by atoms with van der Waals surface area (Å²) in [4.78, 5) is 26.5. The van der Waals surface area contributed by atoms with Crippen molar-refractivity contribution in [3.63, 3.8) is 0 Å². The Kier molecular flexibility index (Phi) is 5.92. The maximum atomic E-state index is 12.6. The van der Waals surface area contributed by atoms with Crippen molar-refractivity contribution < 1.29 is 9.47 Å². The van der Waals surface area contributed by atoms with Gasteiger partial charge in [-0.05, 0) is 44.0 Å². The third-order valence-electron chi connectivity index (χ3n) is 5.41. The molecular formula is C21H27N5O3. The Morgan fingerprint density at radius 2 is 1.93 bits per heavy atom. The summed E-state index contributed by atoms with van der Waals surface area (Å²) in [5.41, 5.74) is 3.26. The van der Waals surface area contributed by atoms with Gasteiger partial charge in [0.25, 0.3) is 0 Å². The molecule has 8 heteroatoms. The fraction of sp³-hybridized carbons (Fsp3) is 0.476. The lowest BCUT2D eigenvalue weighted by molar-refractivity contribution is 0.141. The molecule has 0 saturated carbocycles. The van der Waals surface area contributed by atoms with Crippen LogP contribution in [0.5, 0.6) is 6.01 Å². The molecule has 0 aliphatic carbocycles. The van der Waals surface area contributed by atoms with E-state index >= 15 is 0 Å². The first kappa shape index (κ1) is 19.6. The second-order valence-corrected chi connectivity index (χ2v) is 7.43. The number of hydrogen-bond acceptors (Lipinski definition) is 6. The first-order valence-electron chi connectivity index (χ1n) is 10.1. The number of nitrogens with zero attached hydrogens (tertiary/aromatic N) is 4. The summed E-state index contributed by atoms with van der Waals surface area (Å²) >= 11 is 0. The van der Waals surface area contributed by atoms with E-state index in [0.717, 1.165) is 12.1 Å². The third-order valence-corrected chi connectivity index (χ3v) is 5.41. The van der Waals surface area contributed by atoms with Crippen LogP contribution < -0.4 is 10.4 Å². The van der Waals surface area contributed by atoms with Crippen molar-refractivity contribution in [2.45, 2.75) is 32.4 Å². The predicted octanol–water partition coefficient (Wildman–Crippen LogP) is 2.35. The van der Waals surface area contributed by atoms with Gasteiger partial charge in [-0.1, -0.05) is 24.3 Å². The van der Waals surface area contributed by atoms with Crippen molar-refractivity contribution in [3.05, 3.63) is 52.1 Å². The molecular weight excluding hydrogens is 370 g/mol. The second kappa shape index (κ2) is 8.75. The van der Waals surface area contributed by atoms with E-state index in [1.165, 1.54) is 31.5 Å². The number of likely N-dealkylation sites (tertiary alicyclic amines) is 1. The molecule has 8 nitrogen and oxygen atoms in total. The number of ether oxygens (including phenoxy) is 2. The van der Waals surface area contributed by atoms with Crippen molar-refractivity contribution >= 4 is 11.2 Å². The molecule has 1 N–H and O–H groups in total. The van der Waals surface area contributed by atoms with Gasteiger partial charge >= 0.3 is 11.7 Å². The van der Waals surface area contributed by atoms with Gasteiger partial charge in [-0.25, -0.2) is 9.78 Å². The predicted molar refractivity (Wildman–Crippen MR) is 110 cm³/mol. The summed E-state index contributed by atoms with van der Waals surface area (Å²) in [7, 11) is 1.61. The number of benzene rings is 1. The zero-order valence-electron chi connectivity index (χ0n) is 16.9. The molecule has 1 aliphatic rings. The van der Waals surface area contributed by atoms with E-state index in [4.69, 9.17) is 9.47 Å². The number of fused-ring (bicyclic) bond motifs is 1. The summed E-state index contributed by atoms with van der Waals surface area (Å²) < 4.78 is 12.1. The largest absolute Gasteiger partial charge is 0.461 e. The van der Waals surface area contributed by atoms with Gasteiger partial charge in [-0.15, -0.1) is 0 Å². The van der Waals surface area contributed by atoms with E-state index < -0.39 is 0 Å². The molecule has 1 aliphatic heterocycles. The summed E-state index contributed by atoms with van der Waals surface area (Å²) in [6.07, 6.45) is 4.16. The molecule has 154 valence electrons. The zero-order chi connectivity index (χ0) is 20.2. The number of nitrogens with one attached hydrogen (secondary N) is 1. The van der Waals surface area contributed by atoms with Crippen molar-refractivity contribution in [1.82, 2.24) is 24.4 Å². The van der Waals surface area contributed by atoms with Crippen LogP contribution >= 0.6 is 0 Å². The molecule has 29 heavy (non-hydrogen) atoms. The van der Waals surface area contributed by atoms with Crippen LogP contribution in [0.1, 0.15) is 36.9 Å². The highest BCUT2D eigenvalue weighted by atomic mass is 16.5. The summed E-state index contributed by atoms with van der Waals surface area (Å²) in [6.45, 7) is 6.13. The van der Waals surface area contributed by atoms with Crippen LogP contribution in [0.15, 0.2) is 35.3 Å². The smallest absolute Gasteiger partial charge is 0.328 e. The highest BCUT2D eigenvalue weighted by molar-refractivity contribution is 5.70. The fourth-order valence-electron chi connectivity index (χ4n) is 3.80. The standard InChI is InChI=1S/C21H27N5O3/c1-15(17-7-5-16(6-8-17)14-25-9-3-4-10-25)26-19-18(23-21(26)27)13-22-20(24-19)29-12-11-28-2/h5-8,13,15H,3-4,9-12,14H2,1-2H3,(H,23,27). The Morgan fingerprint density at radius 1 is 1.17 bits per heavy atom. The lowest BCUT2D eigenvalue weighted by Crippen LogP contribution is -2.22. The number of H-pyrrole nitrogens is 1. The van der Waals surface area contributed by atoms with Crippen LogP contribution in [0.25, 0.3) is 11.2 Å². The quantitative estimate of drug-likeness (QED) is 0.588. The van der Waals surface area contributed by atoms with E-state index in [1.54, 1.807) is 17.9 Å². The number of rotatable bonds is 8. The molecule has 3 aromatic rings. The van der Waals surface area contributed by atoms with E-state index in [-0.39, 0.29) is 17.7 Å². The number of imidazole rings is 1. The Morgan fingerprint density at radius 3 is 2.66 bits per heavy atom. The molecule has 1 saturated heterocycles. The molecule has 2 aromatic heterocycles. The normalized spacial score (nSPS) is 15.8. The van der Waals surface area contributed by atoms with Crippen molar-refractivity contribution in [2.24, 2.45) is 0 Å². The minimum Gasteiger partial charge on any atom is -0.461 e. The monoisotopic (exact) mass is 397 g/mol. The number of methoxy groups -OCH3 is 1. The van der Waals surface area contributed by atoms with Crippen LogP contribution in [0.3, 0.4) is 0 Å². The van der Waals surface area contributed by atoms with Gasteiger partial charge in [0.15, 0.2) is 5.65 Å². The molecule has 3 heterocycles. The molecule has 0 bridgehead atoms. The van der Waals surface area contributed by atoms with Gasteiger partial charge in [0, 0.05) is 13.7 Å². The summed E-state index contributed by atoms with van der Waals surface area (Å²) in [6, 6.07) is 8.56. The van der Waals surface area contributed by atoms with Gasteiger partial charge in [0.1, 0.15) is 12.1 Å². The van der Waals surface area contributed by atoms with Crippen LogP contribution in [-0.4, -0.2) is 57.8 Å². The summed E-state index contributed by atoms with van der Waals surface area (Å²) in [5.74, 6) is 0. The lowest BCUT2D eigenvalue weighted by atomic mass is 10.1. The Labute approximate surface area is 169 Å². The van der Waals surface area contributed by atoms with E-state index in [1.807, 2.05) is 6.92 Å². The number of hydrogen-bond donors (Lipinski definition) is 1. The third kappa shape index (κ3) is 4.33. The van der Waals surface area contributed by atoms with Gasteiger partial charge < -0.3 is 14.5 Å². The fourth-order valence-corrected chi connectivity index (χ4v) is 3.80. The van der Waals surface area contributed by atoms with E-state index in [9.17, 15) is 4.79 Å². The van der Waals surface area contributed by atoms with Crippen molar-refractivity contribution in [3.8, 4) is 6.01 Å². The SMILES string of the molecule is COCCOc1ncc2[nH]c(=O)n(C(C)c3ccc(CN4CCCC4)cc3)c2n1. The van der Waals surface area contributed by atoms with Crippen LogP contribution in [0.4, 0.5) is 0 Å². The molecule has 1 unspecified atom stereocenters. The molecule has 0 radical (unpaired) electrons. The van der Waals surface area contributed by atoms with Crippen LogP contribution in [-0.2, 0) is 11.3 Å². The Hall–Kier alpha value is -2.71. The number of aromatic nitrogens is 4. The highest BCUT2D eigenvalue weighted by Gasteiger charge is 2.18. The van der Waals surface area contributed by atoms with E-state index in [2.05, 4.69) is 44.1 Å². The minimum absolute atomic E-state index is 0.168. The Balaban J connectivity index is 1.56. The molecule has 1 fully saturated rings. The average molecular weight is 397 g/mol. The summed E-state index contributed by atoms with van der Waals surface area (Å²) in [5, 5.41) is 0. The first-order chi connectivity index (χ1) is 14.2. The van der Waals surface area contributed by atoms with Crippen LogP contribution in [0, 0.1) is 0 Å². The van der Waals surface area contributed by atoms with E-state index in [0.29, 0.717) is 24.4 Å². The average Bonchev–Trinajstić information content (AvgIpc) is 3.35. The van der Waals surface area contributed by atoms with Gasteiger partial charge in [-0.3, -0.25) is 9.47 Å². The molecule has 0 amide bonds. The van der Waals surface area contributed by atoms with Crippen LogP contribution in [0.2, 0.25) is 0 Å². The molecule has 0 spiro atoms. The highest BCUT2D eigenvalue weighted by Crippen LogP contribution is 2.22. The number of aromatic amines is 1. The molecule has 1 atom stereocenters. The maximum Gasteiger partial charge on any atom is 0.328 e. The molecule has 1 aromatic carbocycles. The Bertz CT molecular complexity index is 1010. The van der Waals surface area contributed by atoms with Gasteiger partial charge in [0.2, 0.25) is 0 Å². The van der Waals surface area contributed by atoms with Gasteiger partial charge in [0.05, 0.1) is 18.8 Å². The van der Waals surface area contributed by atoms with Crippen molar-refractivity contribution in [2.75, 3.05) is 33.4 Å².